The van der Waals surface area contributed by atoms with Gasteiger partial charge in [-0.05, 0) is 65.9 Å². The molecule has 222 valence electrons. The van der Waals surface area contributed by atoms with Crippen molar-refractivity contribution in [3.63, 3.8) is 0 Å². The number of fused-ring (bicyclic) bond motifs is 3. The van der Waals surface area contributed by atoms with Crippen LogP contribution in [0.25, 0.3) is 10.9 Å². The highest BCUT2D eigenvalue weighted by molar-refractivity contribution is 5.91. The topological polar surface area (TPSA) is 107 Å². The number of methoxy groups -OCH3 is 1. The molecule has 0 saturated carbocycles. The Morgan fingerprint density at radius 1 is 1.24 bits per heavy atom. The van der Waals surface area contributed by atoms with E-state index in [1.165, 1.54) is 12.0 Å². The Hall–Kier alpha value is -3.62. The van der Waals surface area contributed by atoms with E-state index >= 15 is 0 Å². The Labute approximate surface area is 242 Å². The third-order valence-corrected chi connectivity index (χ3v) is 7.82. The molecule has 3 atom stereocenters. The van der Waals surface area contributed by atoms with Crippen molar-refractivity contribution >= 4 is 28.9 Å². The van der Waals surface area contributed by atoms with Crippen LogP contribution in [0.2, 0.25) is 0 Å². The lowest BCUT2D eigenvalue weighted by Crippen LogP contribution is -2.53. The number of amides is 2. The van der Waals surface area contributed by atoms with Crippen LogP contribution in [-0.2, 0) is 25.5 Å². The number of ether oxygens (including phenoxy) is 3. The van der Waals surface area contributed by atoms with Crippen LogP contribution in [0.1, 0.15) is 77.0 Å². The van der Waals surface area contributed by atoms with Crippen molar-refractivity contribution in [3.05, 3.63) is 48.2 Å². The lowest BCUT2D eigenvalue weighted by molar-refractivity contribution is -0.151. The van der Waals surface area contributed by atoms with Crippen molar-refractivity contribution < 1.29 is 28.6 Å². The molecule has 0 bridgehead atoms. The Kier molecular flexibility index (Phi) is 9.24. The maximum Gasteiger partial charge on any atom is 0.408 e. The fourth-order valence-electron chi connectivity index (χ4n) is 5.90. The van der Waals surface area contributed by atoms with Gasteiger partial charge in [0.05, 0.1) is 24.9 Å². The van der Waals surface area contributed by atoms with Crippen molar-refractivity contribution in [2.24, 2.45) is 0 Å². The van der Waals surface area contributed by atoms with Crippen molar-refractivity contribution in [1.29, 1.82) is 0 Å². The van der Waals surface area contributed by atoms with E-state index in [0.717, 1.165) is 60.0 Å². The normalized spacial score (nSPS) is 20.7. The van der Waals surface area contributed by atoms with E-state index in [2.05, 4.69) is 11.9 Å². The summed E-state index contributed by atoms with van der Waals surface area (Å²) in [4.78, 5) is 46.1. The Balaban J connectivity index is 1.59. The number of hydrogen-bond acceptors (Lipinski definition) is 7. The number of aromatic nitrogens is 1. The van der Waals surface area contributed by atoms with Crippen LogP contribution >= 0.6 is 0 Å². The van der Waals surface area contributed by atoms with Crippen LogP contribution in [0.15, 0.2) is 36.9 Å². The number of likely N-dealkylation sites (tertiary alicyclic amines) is 1. The van der Waals surface area contributed by atoms with E-state index in [1.54, 1.807) is 20.8 Å². The van der Waals surface area contributed by atoms with Crippen molar-refractivity contribution in [3.8, 4) is 5.75 Å². The second-order valence-electron chi connectivity index (χ2n) is 12.1. The van der Waals surface area contributed by atoms with Crippen LogP contribution < -0.4 is 10.1 Å². The molecule has 2 aliphatic heterocycles. The monoisotopic (exact) mass is 565 g/mol. The molecule has 1 N–H and O–H groups in total. The van der Waals surface area contributed by atoms with Gasteiger partial charge in [0.2, 0.25) is 5.91 Å². The average Bonchev–Trinajstić information content (AvgIpc) is 3.29. The second-order valence-corrected chi connectivity index (χ2v) is 12.1. The molecule has 4 rings (SSSR count). The largest absolute Gasteiger partial charge is 0.483 e. The summed E-state index contributed by atoms with van der Waals surface area (Å²) in [7, 11) is 1.32. The van der Waals surface area contributed by atoms with Crippen LogP contribution in [0, 0.1) is 6.92 Å². The molecule has 2 amide bonds. The highest BCUT2D eigenvalue weighted by Crippen LogP contribution is 2.44. The number of benzene rings is 1. The van der Waals surface area contributed by atoms with E-state index in [0.29, 0.717) is 19.3 Å². The number of carbonyl (C=O) groups is 3. The quantitative estimate of drug-likeness (QED) is 0.246. The fourth-order valence-corrected chi connectivity index (χ4v) is 5.90. The zero-order valence-corrected chi connectivity index (χ0v) is 25.0. The van der Waals surface area contributed by atoms with E-state index in [1.807, 2.05) is 37.3 Å². The molecule has 9 nitrogen and oxygen atoms in total. The van der Waals surface area contributed by atoms with E-state index in [4.69, 9.17) is 19.2 Å². The summed E-state index contributed by atoms with van der Waals surface area (Å²) in [6.07, 6.45) is 6.75. The van der Waals surface area contributed by atoms with Gasteiger partial charge in [-0.15, -0.1) is 6.58 Å². The second kappa shape index (κ2) is 12.5. The number of rotatable bonds is 9. The lowest BCUT2D eigenvalue weighted by atomic mass is 9.87. The molecule has 1 aromatic heterocycles. The maximum atomic E-state index is 14.1. The molecule has 0 radical (unpaired) electrons. The minimum absolute atomic E-state index is 0.209. The number of alkyl carbamates (subject to hydrolysis) is 1. The molecular weight excluding hydrogens is 522 g/mol. The average molecular weight is 566 g/mol. The number of allylic oxidation sites excluding steroid dienone is 1. The van der Waals surface area contributed by atoms with Crippen LogP contribution in [0.4, 0.5) is 4.79 Å². The fraction of sp³-hybridized carbons (Fsp3) is 0.562. The van der Waals surface area contributed by atoms with Gasteiger partial charge in [-0.3, -0.25) is 4.79 Å². The maximum absolute atomic E-state index is 14.1. The van der Waals surface area contributed by atoms with Crippen LogP contribution in [0.3, 0.4) is 0 Å². The molecule has 9 heteroatoms. The number of aryl methyl sites for hydroxylation is 2. The van der Waals surface area contributed by atoms with E-state index < -0.39 is 35.3 Å². The van der Waals surface area contributed by atoms with Crippen molar-refractivity contribution in [2.75, 3.05) is 13.7 Å². The molecule has 2 aliphatic rings. The van der Waals surface area contributed by atoms with Crippen LogP contribution in [-0.4, -0.2) is 64.8 Å². The van der Waals surface area contributed by atoms with Gasteiger partial charge in [0, 0.05) is 17.4 Å². The first-order valence-electron chi connectivity index (χ1n) is 14.5. The Bertz CT molecular complexity index is 1300. The van der Waals surface area contributed by atoms with Crippen molar-refractivity contribution in [1.82, 2.24) is 15.2 Å². The number of nitrogens with zero attached hydrogens (tertiary/aromatic N) is 2. The van der Waals surface area contributed by atoms with Gasteiger partial charge in [-0.1, -0.05) is 37.1 Å². The number of para-hydroxylation sites is 1. The first-order valence-corrected chi connectivity index (χ1v) is 14.5. The molecule has 2 aromatic rings. The SMILES string of the molecule is C=CCCCCC[C@H](NC(=O)OC(C)(C)C)C(=O)N1C[C@]2(CCc3c(c(C)nc4ccccc34)O2)C[C@H]1C(=O)OC. The highest BCUT2D eigenvalue weighted by Gasteiger charge is 2.53. The standard InChI is InChI=1S/C32H43N3O6/c1-7-8-9-10-11-16-25(34-30(38)41-31(3,4)5)28(36)35-20-32(19-26(35)29(37)39-6)18-17-23-22-14-12-13-15-24(22)33-21(2)27(23)40-32/h7,12-15,25-26H,1,8-11,16-20H2,2-6H3,(H,34,38)/t25-,26-,32-/m0/s1. The Morgan fingerprint density at radius 2 is 2.00 bits per heavy atom. The number of carbonyl (C=O) groups excluding carboxylic acids is 3. The summed E-state index contributed by atoms with van der Waals surface area (Å²) in [5, 5.41) is 3.83. The molecule has 1 fully saturated rings. The molecule has 41 heavy (non-hydrogen) atoms. The molecule has 0 unspecified atom stereocenters. The summed E-state index contributed by atoms with van der Waals surface area (Å²) < 4.78 is 17.3. The number of nitrogens with one attached hydrogen (secondary N) is 1. The number of esters is 1. The highest BCUT2D eigenvalue weighted by atomic mass is 16.6. The van der Waals surface area contributed by atoms with Gasteiger partial charge in [-0.2, -0.15) is 0 Å². The lowest BCUT2D eigenvalue weighted by Gasteiger charge is -2.36. The number of unbranched alkanes of at least 4 members (excludes halogenated alkanes) is 3. The predicted octanol–water partition coefficient (Wildman–Crippen LogP) is 5.41. The minimum atomic E-state index is -0.848. The predicted molar refractivity (Wildman–Crippen MR) is 157 cm³/mol. The smallest absolute Gasteiger partial charge is 0.408 e. The molecule has 3 heterocycles. The molecule has 0 aliphatic carbocycles. The zero-order valence-electron chi connectivity index (χ0n) is 25.0. The minimum Gasteiger partial charge on any atom is -0.483 e. The summed E-state index contributed by atoms with van der Waals surface area (Å²) in [5.74, 6) is -0.117. The third-order valence-electron chi connectivity index (χ3n) is 7.82. The first-order chi connectivity index (χ1) is 19.5. The van der Waals surface area contributed by atoms with Crippen LogP contribution in [0.5, 0.6) is 5.75 Å². The van der Waals surface area contributed by atoms with E-state index in [-0.39, 0.29) is 12.5 Å². The van der Waals surface area contributed by atoms with Crippen molar-refractivity contribution in [2.45, 2.75) is 102 Å². The Morgan fingerprint density at radius 3 is 2.71 bits per heavy atom. The summed E-state index contributed by atoms with van der Waals surface area (Å²) >= 11 is 0. The third kappa shape index (κ3) is 7.00. The van der Waals surface area contributed by atoms with E-state index in [9.17, 15) is 14.4 Å². The zero-order chi connectivity index (χ0) is 29.8. The van der Waals surface area contributed by atoms with Gasteiger partial charge in [0.25, 0.3) is 0 Å². The molecular formula is C32H43N3O6. The summed E-state index contributed by atoms with van der Waals surface area (Å²) in [5.41, 5.74) is 1.32. The van der Waals surface area contributed by atoms with Gasteiger partial charge >= 0.3 is 12.1 Å². The first kappa shape index (κ1) is 30.3. The molecule has 1 saturated heterocycles. The molecule has 1 aromatic carbocycles. The molecule has 1 spiro atoms. The number of pyridine rings is 1. The summed E-state index contributed by atoms with van der Waals surface area (Å²) in [6, 6.07) is 6.32. The summed E-state index contributed by atoms with van der Waals surface area (Å²) in [6.45, 7) is 11.2. The van der Waals surface area contributed by atoms with Gasteiger partial charge < -0.3 is 24.4 Å². The van der Waals surface area contributed by atoms with Gasteiger partial charge in [-0.25, -0.2) is 14.6 Å². The van der Waals surface area contributed by atoms with Gasteiger partial charge in [0.15, 0.2) is 0 Å². The number of hydrogen-bond donors (Lipinski definition) is 1. The van der Waals surface area contributed by atoms with Gasteiger partial charge in [0.1, 0.15) is 29.0 Å².